The molecule has 1 aliphatic heterocycles. The van der Waals surface area contributed by atoms with E-state index >= 15 is 0 Å². The molecule has 0 radical (unpaired) electrons. The molecule has 1 atom stereocenters. The van der Waals surface area contributed by atoms with E-state index in [1.165, 1.54) is 6.21 Å². The van der Waals surface area contributed by atoms with Crippen molar-refractivity contribution in [3.63, 3.8) is 0 Å². The lowest BCUT2D eigenvalue weighted by molar-refractivity contribution is 0.582. The molecule has 24 heavy (non-hydrogen) atoms. The first kappa shape index (κ1) is 16.2. The van der Waals surface area contributed by atoms with Crippen LogP contribution in [0, 0.1) is 5.41 Å². The van der Waals surface area contributed by atoms with Crippen LogP contribution in [0.3, 0.4) is 0 Å². The number of nitrogen functional groups attached to an aromatic ring is 1. The van der Waals surface area contributed by atoms with Crippen molar-refractivity contribution in [2.75, 3.05) is 35.6 Å². The normalized spacial score (nSPS) is 18.0. The number of nitrogens with one attached hydrogen (secondary N) is 3. The maximum atomic E-state index is 7.40. The summed E-state index contributed by atoms with van der Waals surface area (Å²) in [6.07, 6.45) is 4.09. The molecule has 0 aliphatic carbocycles. The zero-order valence-electron chi connectivity index (χ0n) is 13.8. The Kier molecular flexibility index (Phi) is 4.90. The number of hydrogen-bond donors (Lipinski definition) is 4. The van der Waals surface area contributed by atoms with Gasteiger partial charge in [-0.15, -0.1) is 0 Å². The summed E-state index contributed by atoms with van der Waals surface area (Å²) in [6.45, 7) is 5.03. The minimum Gasteiger partial charge on any atom is -0.398 e. The van der Waals surface area contributed by atoms with Crippen molar-refractivity contribution in [2.24, 2.45) is 0 Å². The predicted molar refractivity (Wildman–Crippen MR) is 98.3 cm³/mol. The van der Waals surface area contributed by atoms with Crippen molar-refractivity contribution in [3.8, 4) is 0 Å². The summed E-state index contributed by atoms with van der Waals surface area (Å²) >= 11 is 0. The van der Waals surface area contributed by atoms with Crippen molar-refractivity contribution in [2.45, 2.75) is 19.4 Å². The van der Waals surface area contributed by atoms with Crippen molar-refractivity contribution in [1.82, 2.24) is 15.3 Å². The van der Waals surface area contributed by atoms with Crippen molar-refractivity contribution in [1.29, 1.82) is 5.41 Å². The van der Waals surface area contributed by atoms with Crippen molar-refractivity contribution < 1.29 is 0 Å². The van der Waals surface area contributed by atoms with Gasteiger partial charge in [-0.2, -0.15) is 4.98 Å². The van der Waals surface area contributed by atoms with E-state index in [4.69, 9.17) is 11.1 Å². The first-order valence-corrected chi connectivity index (χ1v) is 8.14. The van der Waals surface area contributed by atoms with E-state index in [1.807, 2.05) is 18.2 Å². The van der Waals surface area contributed by atoms with Crippen LogP contribution in [-0.4, -0.2) is 41.9 Å². The molecule has 1 aromatic heterocycles. The molecule has 7 heteroatoms. The maximum Gasteiger partial charge on any atom is 0.227 e. The summed E-state index contributed by atoms with van der Waals surface area (Å²) in [7, 11) is 0. The third-order valence-electron chi connectivity index (χ3n) is 4.03. The number of anilines is 4. The van der Waals surface area contributed by atoms with Crippen LogP contribution in [0.4, 0.5) is 23.1 Å². The molecular weight excluding hydrogens is 302 g/mol. The maximum absolute atomic E-state index is 7.40. The van der Waals surface area contributed by atoms with E-state index in [2.05, 4.69) is 32.4 Å². The molecule has 3 rings (SSSR count). The lowest BCUT2D eigenvalue weighted by atomic mass is 10.2. The minimum atomic E-state index is 0.417. The molecule has 0 saturated carbocycles. The summed E-state index contributed by atoms with van der Waals surface area (Å²) in [5.74, 6) is 1.46. The van der Waals surface area contributed by atoms with E-state index in [1.54, 1.807) is 12.3 Å². The van der Waals surface area contributed by atoms with Crippen LogP contribution >= 0.6 is 0 Å². The Morgan fingerprint density at radius 2 is 2.29 bits per heavy atom. The van der Waals surface area contributed by atoms with Gasteiger partial charge < -0.3 is 26.7 Å². The van der Waals surface area contributed by atoms with Crippen molar-refractivity contribution >= 4 is 29.4 Å². The minimum absolute atomic E-state index is 0.417. The lowest BCUT2D eigenvalue weighted by Crippen LogP contribution is -2.36. The molecule has 126 valence electrons. The SMILES string of the molecule is CC1CN(c2nccc(Nc3ccc(N)c(C=N)c3)n2)CCCN1. The fourth-order valence-electron chi connectivity index (χ4n) is 2.78. The third-order valence-corrected chi connectivity index (χ3v) is 4.03. The highest BCUT2D eigenvalue weighted by molar-refractivity contribution is 5.87. The second-order valence-corrected chi connectivity index (χ2v) is 6.01. The molecule has 0 bridgehead atoms. The number of hydrogen-bond acceptors (Lipinski definition) is 7. The quantitative estimate of drug-likeness (QED) is 0.506. The smallest absolute Gasteiger partial charge is 0.227 e. The summed E-state index contributed by atoms with van der Waals surface area (Å²) in [5, 5.41) is 14.1. The number of benzene rings is 1. The molecule has 2 aromatic rings. The van der Waals surface area contributed by atoms with Crippen LogP contribution in [0.15, 0.2) is 30.5 Å². The fraction of sp³-hybridized carbons (Fsp3) is 0.353. The molecule has 1 aliphatic rings. The first-order chi connectivity index (χ1) is 11.7. The van der Waals surface area contributed by atoms with Gasteiger partial charge in [-0.1, -0.05) is 0 Å². The largest absolute Gasteiger partial charge is 0.398 e. The number of nitrogens with zero attached hydrogens (tertiary/aromatic N) is 3. The number of aromatic nitrogens is 2. The van der Waals surface area contributed by atoms with E-state index in [0.29, 0.717) is 17.3 Å². The molecule has 7 nitrogen and oxygen atoms in total. The van der Waals surface area contributed by atoms with Gasteiger partial charge in [0.05, 0.1) is 0 Å². The van der Waals surface area contributed by atoms with Crippen LogP contribution in [-0.2, 0) is 0 Å². The molecule has 5 N–H and O–H groups in total. The van der Waals surface area contributed by atoms with Gasteiger partial charge in [0.2, 0.25) is 5.95 Å². The van der Waals surface area contributed by atoms with Gasteiger partial charge in [0.25, 0.3) is 0 Å². The Bertz CT molecular complexity index is 716. The molecule has 1 saturated heterocycles. The Hall–Kier alpha value is -2.67. The third kappa shape index (κ3) is 3.80. The van der Waals surface area contributed by atoms with Crippen LogP contribution in [0.25, 0.3) is 0 Å². The summed E-state index contributed by atoms with van der Waals surface area (Å²) in [5.41, 5.74) is 7.94. The van der Waals surface area contributed by atoms with Gasteiger partial charge in [-0.25, -0.2) is 4.98 Å². The van der Waals surface area contributed by atoms with E-state index in [9.17, 15) is 0 Å². The summed E-state index contributed by atoms with van der Waals surface area (Å²) in [4.78, 5) is 11.3. The second-order valence-electron chi connectivity index (χ2n) is 6.01. The molecular formula is C17H23N7. The highest BCUT2D eigenvalue weighted by Gasteiger charge is 2.16. The average molecular weight is 325 g/mol. The summed E-state index contributed by atoms with van der Waals surface area (Å²) in [6, 6.07) is 7.75. The van der Waals surface area contributed by atoms with Crippen LogP contribution in [0.1, 0.15) is 18.9 Å². The monoisotopic (exact) mass is 325 g/mol. The zero-order chi connectivity index (χ0) is 16.9. The Morgan fingerprint density at radius 1 is 1.42 bits per heavy atom. The first-order valence-electron chi connectivity index (χ1n) is 8.14. The van der Waals surface area contributed by atoms with Crippen molar-refractivity contribution in [3.05, 3.63) is 36.0 Å². The topological polar surface area (TPSA) is 103 Å². The molecule has 0 spiro atoms. The van der Waals surface area contributed by atoms with Crippen LogP contribution < -0.4 is 21.3 Å². The highest BCUT2D eigenvalue weighted by Crippen LogP contribution is 2.21. The van der Waals surface area contributed by atoms with E-state index in [0.717, 1.165) is 43.5 Å². The van der Waals surface area contributed by atoms with Gasteiger partial charge in [0, 0.05) is 48.5 Å². The molecule has 2 heterocycles. The predicted octanol–water partition coefficient (Wildman–Crippen LogP) is 1.99. The zero-order valence-corrected chi connectivity index (χ0v) is 13.8. The van der Waals surface area contributed by atoms with Gasteiger partial charge in [-0.05, 0) is 44.2 Å². The molecule has 1 fully saturated rings. The Morgan fingerprint density at radius 3 is 3.12 bits per heavy atom. The van der Waals surface area contributed by atoms with Crippen LogP contribution in [0.5, 0.6) is 0 Å². The molecule has 0 amide bonds. The Labute approximate surface area is 141 Å². The van der Waals surface area contributed by atoms with Gasteiger partial charge in [0.15, 0.2) is 0 Å². The number of nitrogens with two attached hydrogens (primary N) is 1. The average Bonchev–Trinajstić information content (AvgIpc) is 2.81. The molecule has 1 aromatic carbocycles. The van der Waals surface area contributed by atoms with E-state index in [-0.39, 0.29) is 0 Å². The van der Waals surface area contributed by atoms with Crippen LogP contribution in [0.2, 0.25) is 0 Å². The van der Waals surface area contributed by atoms with Gasteiger partial charge in [0.1, 0.15) is 5.82 Å². The highest BCUT2D eigenvalue weighted by atomic mass is 15.3. The molecule has 1 unspecified atom stereocenters. The van der Waals surface area contributed by atoms with Gasteiger partial charge in [-0.3, -0.25) is 0 Å². The second kappa shape index (κ2) is 7.27. The fourth-order valence-corrected chi connectivity index (χ4v) is 2.78. The van der Waals surface area contributed by atoms with E-state index < -0.39 is 0 Å². The number of rotatable bonds is 4. The van der Waals surface area contributed by atoms with Gasteiger partial charge >= 0.3 is 0 Å². The summed E-state index contributed by atoms with van der Waals surface area (Å²) < 4.78 is 0. The lowest BCUT2D eigenvalue weighted by Gasteiger charge is -2.22. The standard InChI is InChI=1S/C17H23N7/c1-12-11-24(8-2-6-20-12)17-21-7-5-16(23-17)22-14-3-4-15(19)13(9-14)10-18/h3-5,7,9-10,12,18,20H,2,6,8,11,19H2,1H3,(H,21,22,23). The Balaban J connectivity index is 1.79.